The molecule has 3 aromatic rings. The number of hydrogen-bond donors (Lipinski definition) is 1. The summed E-state index contributed by atoms with van der Waals surface area (Å²) >= 11 is 0. The molecular weight excluding hydrogens is 264 g/mol. The van der Waals surface area contributed by atoms with Gasteiger partial charge in [0.1, 0.15) is 0 Å². The zero-order valence-electron chi connectivity index (χ0n) is 11.5. The normalized spacial score (nSPS) is 10.5. The molecule has 0 saturated heterocycles. The van der Waals surface area contributed by atoms with Crippen LogP contribution in [0.3, 0.4) is 0 Å². The molecule has 0 aliphatic rings. The number of nitrogens with zero attached hydrogens (tertiary/aromatic N) is 1. The Morgan fingerprint density at radius 3 is 2.76 bits per heavy atom. The van der Waals surface area contributed by atoms with Gasteiger partial charge in [0.25, 0.3) is 0 Å². The number of methoxy groups -OCH3 is 1. The zero-order chi connectivity index (χ0) is 14.8. The molecule has 1 aromatic heterocycles. The number of pyridine rings is 1. The Morgan fingerprint density at radius 1 is 1.14 bits per heavy atom. The number of anilines is 1. The van der Waals surface area contributed by atoms with Crippen molar-refractivity contribution in [3.05, 3.63) is 60.4 Å². The van der Waals surface area contributed by atoms with E-state index in [2.05, 4.69) is 4.98 Å². The minimum absolute atomic E-state index is 0.355. The van der Waals surface area contributed by atoms with Crippen LogP contribution in [0.5, 0.6) is 0 Å². The summed E-state index contributed by atoms with van der Waals surface area (Å²) in [6.45, 7) is 0. The van der Waals surface area contributed by atoms with Crippen molar-refractivity contribution in [2.24, 2.45) is 0 Å². The van der Waals surface area contributed by atoms with Crippen molar-refractivity contribution in [3.8, 4) is 11.1 Å². The summed E-state index contributed by atoms with van der Waals surface area (Å²) in [7, 11) is 1.37. The summed E-state index contributed by atoms with van der Waals surface area (Å²) in [5.41, 5.74) is 9.08. The number of carbonyl (C=O) groups is 1. The smallest absolute Gasteiger partial charge is 0.337 e. The van der Waals surface area contributed by atoms with Gasteiger partial charge in [-0.3, -0.25) is 4.98 Å². The van der Waals surface area contributed by atoms with E-state index in [9.17, 15) is 4.79 Å². The molecule has 2 N–H and O–H groups in total. The Hall–Kier alpha value is -2.88. The third-order valence-corrected chi connectivity index (χ3v) is 3.41. The number of fused-ring (bicyclic) bond motifs is 1. The third kappa shape index (κ3) is 2.31. The minimum Gasteiger partial charge on any atom is -0.465 e. The second-order valence-corrected chi connectivity index (χ2v) is 4.70. The number of aromatic nitrogens is 1. The maximum Gasteiger partial charge on any atom is 0.337 e. The lowest BCUT2D eigenvalue weighted by atomic mass is 9.97. The van der Waals surface area contributed by atoms with Gasteiger partial charge in [0, 0.05) is 17.0 Å². The molecule has 0 saturated carbocycles. The molecule has 4 heteroatoms. The first-order valence-corrected chi connectivity index (χ1v) is 6.51. The molecule has 3 rings (SSSR count). The molecule has 0 fully saturated rings. The van der Waals surface area contributed by atoms with Gasteiger partial charge >= 0.3 is 5.97 Å². The van der Waals surface area contributed by atoms with Crippen molar-refractivity contribution in [2.45, 2.75) is 0 Å². The second-order valence-electron chi connectivity index (χ2n) is 4.70. The van der Waals surface area contributed by atoms with E-state index in [4.69, 9.17) is 10.5 Å². The number of benzene rings is 2. The Bertz CT molecular complexity index is 823. The lowest BCUT2D eigenvalue weighted by Gasteiger charge is -2.10. The predicted molar refractivity (Wildman–Crippen MR) is 82.9 cm³/mol. The average Bonchev–Trinajstić information content (AvgIpc) is 2.54. The molecule has 0 atom stereocenters. The van der Waals surface area contributed by atoms with Gasteiger partial charge in [-0.15, -0.1) is 0 Å². The first kappa shape index (κ1) is 13.1. The Kier molecular flexibility index (Phi) is 3.28. The minimum atomic E-state index is -0.355. The van der Waals surface area contributed by atoms with Crippen molar-refractivity contribution in [1.29, 1.82) is 0 Å². The van der Waals surface area contributed by atoms with E-state index >= 15 is 0 Å². The summed E-state index contributed by atoms with van der Waals surface area (Å²) in [4.78, 5) is 15.8. The lowest BCUT2D eigenvalue weighted by Crippen LogP contribution is -2.01. The van der Waals surface area contributed by atoms with Crippen LogP contribution in [0.4, 0.5) is 5.69 Å². The van der Waals surface area contributed by atoms with Gasteiger partial charge in [-0.1, -0.05) is 30.3 Å². The fourth-order valence-corrected chi connectivity index (χ4v) is 2.43. The summed E-state index contributed by atoms with van der Waals surface area (Å²) in [6, 6.07) is 13.2. The second kappa shape index (κ2) is 5.25. The fraction of sp³-hybridized carbons (Fsp3) is 0.0588. The standard InChI is InChI=1S/C17H14N2O2/c1-21-17(20)12-5-2-4-11(8-12)14-7-3-6-13-9-19-10-15(18)16(13)14/h2-10H,18H2,1H3. The molecule has 104 valence electrons. The number of hydrogen-bond acceptors (Lipinski definition) is 4. The van der Waals surface area contributed by atoms with Crippen molar-refractivity contribution >= 4 is 22.4 Å². The highest BCUT2D eigenvalue weighted by Gasteiger charge is 2.10. The molecule has 2 aromatic carbocycles. The highest BCUT2D eigenvalue weighted by atomic mass is 16.5. The quantitative estimate of drug-likeness (QED) is 0.731. The molecule has 0 aliphatic carbocycles. The molecule has 0 bridgehead atoms. The first-order valence-electron chi connectivity index (χ1n) is 6.51. The van der Waals surface area contributed by atoms with Crippen LogP contribution < -0.4 is 5.73 Å². The zero-order valence-corrected chi connectivity index (χ0v) is 11.5. The predicted octanol–water partition coefficient (Wildman–Crippen LogP) is 3.27. The van der Waals surface area contributed by atoms with Gasteiger partial charge in [0.05, 0.1) is 24.6 Å². The van der Waals surface area contributed by atoms with Crippen molar-refractivity contribution in [1.82, 2.24) is 4.98 Å². The van der Waals surface area contributed by atoms with Crippen LogP contribution in [0.25, 0.3) is 21.9 Å². The number of nitrogen functional groups attached to an aromatic ring is 1. The van der Waals surface area contributed by atoms with E-state index in [0.717, 1.165) is 21.9 Å². The van der Waals surface area contributed by atoms with Crippen LogP contribution in [0, 0.1) is 0 Å². The van der Waals surface area contributed by atoms with Gasteiger partial charge in [0.2, 0.25) is 0 Å². The maximum absolute atomic E-state index is 11.7. The van der Waals surface area contributed by atoms with Gasteiger partial charge < -0.3 is 10.5 Å². The van der Waals surface area contributed by atoms with Crippen molar-refractivity contribution < 1.29 is 9.53 Å². The molecular formula is C17H14N2O2. The summed E-state index contributed by atoms with van der Waals surface area (Å²) < 4.78 is 4.76. The van der Waals surface area contributed by atoms with E-state index in [-0.39, 0.29) is 5.97 Å². The largest absolute Gasteiger partial charge is 0.465 e. The lowest BCUT2D eigenvalue weighted by molar-refractivity contribution is 0.0601. The molecule has 0 radical (unpaired) electrons. The van der Waals surface area contributed by atoms with Crippen molar-refractivity contribution in [2.75, 3.05) is 12.8 Å². The molecule has 0 amide bonds. The topological polar surface area (TPSA) is 65.2 Å². The van der Waals surface area contributed by atoms with Crippen LogP contribution in [0.15, 0.2) is 54.9 Å². The van der Waals surface area contributed by atoms with Gasteiger partial charge in [-0.05, 0) is 23.3 Å². The number of ether oxygens (including phenoxy) is 1. The van der Waals surface area contributed by atoms with Gasteiger partial charge in [-0.2, -0.15) is 0 Å². The van der Waals surface area contributed by atoms with E-state index in [1.807, 2.05) is 30.3 Å². The third-order valence-electron chi connectivity index (χ3n) is 3.41. The van der Waals surface area contributed by atoms with E-state index in [1.54, 1.807) is 24.5 Å². The summed E-state index contributed by atoms with van der Waals surface area (Å²) in [5.74, 6) is -0.355. The Balaban J connectivity index is 2.24. The SMILES string of the molecule is COC(=O)c1cccc(-c2cccc3cncc(N)c23)c1. The highest BCUT2D eigenvalue weighted by molar-refractivity contribution is 6.04. The van der Waals surface area contributed by atoms with E-state index in [1.165, 1.54) is 7.11 Å². The highest BCUT2D eigenvalue weighted by Crippen LogP contribution is 2.32. The summed E-state index contributed by atoms with van der Waals surface area (Å²) in [5, 5.41) is 1.91. The van der Waals surface area contributed by atoms with Crippen LogP contribution in [-0.2, 0) is 4.74 Å². The van der Waals surface area contributed by atoms with E-state index < -0.39 is 0 Å². The van der Waals surface area contributed by atoms with Crippen molar-refractivity contribution in [3.63, 3.8) is 0 Å². The van der Waals surface area contributed by atoms with Gasteiger partial charge in [0.15, 0.2) is 0 Å². The monoisotopic (exact) mass is 278 g/mol. The number of esters is 1. The van der Waals surface area contributed by atoms with Gasteiger partial charge in [-0.25, -0.2) is 4.79 Å². The number of carbonyl (C=O) groups excluding carboxylic acids is 1. The fourth-order valence-electron chi connectivity index (χ4n) is 2.43. The molecule has 1 heterocycles. The van der Waals surface area contributed by atoms with Crippen LogP contribution in [0.2, 0.25) is 0 Å². The number of nitrogens with two attached hydrogens (primary N) is 1. The molecule has 0 unspecified atom stereocenters. The molecule has 4 nitrogen and oxygen atoms in total. The van der Waals surface area contributed by atoms with E-state index in [0.29, 0.717) is 11.3 Å². The molecule has 0 spiro atoms. The average molecular weight is 278 g/mol. The van der Waals surface area contributed by atoms with Crippen LogP contribution in [0.1, 0.15) is 10.4 Å². The summed E-state index contributed by atoms with van der Waals surface area (Å²) in [6.07, 6.45) is 3.41. The molecule has 21 heavy (non-hydrogen) atoms. The number of rotatable bonds is 2. The Labute approximate surface area is 122 Å². The maximum atomic E-state index is 11.7. The van der Waals surface area contributed by atoms with Crippen LogP contribution in [-0.4, -0.2) is 18.1 Å². The van der Waals surface area contributed by atoms with Crippen LogP contribution >= 0.6 is 0 Å². The first-order chi connectivity index (χ1) is 10.2. The molecule has 0 aliphatic heterocycles. The Morgan fingerprint density at radius 2 is 1.95 bits per heavy atom.